The van der Waals surface area contributed by atoms with Gasteiger partial charge in [0, 0.05) is 12.2 Å². The van der Waals surface area contributed by atoms with Gasteiger partial charge in [0.25, 0.3) is 0 Å². The first kappa shape index (κ1) is 19.3. The minimum absolute atomic E-state index is 0.105. The molecule has 0 aromatic carbocycles. The molecule has 21 heavy (non-hydrogen) atoms. The van der Waals surface area contributed by atoms with E-state index in [1.165, 1.54) is 0 Å². The van der Waals surface area contributed by atoms with E-state index in [0.717, 1.165) is 12.2 Å². The molecule has 118 valence electrons. The highest BCUT2D eigenvalue weighted by atomic mass is 16.6. The molecule has 8 nitrogen and oxygen atoms in total. The van der Waals surface area contributed by atoms with Crippen molar-refractivity contribution in [2.45, 2.75) is 12.2 Å². The SMILES string of the molecule is C=CC(=O)OCC(O)COBOCC(O)COC(=O)C=C. The molecule has 0 radical (unpaired) electrons. The Morgan fingerprint density at radius 1 is 0.905 bits per heavy atom. The van der Waals surface area contributed by atoms with E-state index in [-0.39, 0.29) is 34.1 Å². The van der Waals surface area contributed by atoms with Crippen LogP contribution in [0.4, 0.5) is 0 Å². The molecule has 9 heteroatoms. The number of aliphatic hydroxyl groups is 2. The quantitative estimate of drug-likeness (QED) is 0.193. The van der Waals surface area contributed by atoms with Crippen molar-refractivity contribution >= 4 is 19.6 Å². The number of esters is 2. The Labute approximate surface area is 123 Å². The highest BCUT2D eigenvalue weighted by molar-refractivity contribution is 6.17. The Hall–Kier alpha value is -1.68. The molecule has 0 heterocycles. The van der Waals surface area contributed by atoms with Crippen molar-refractivity contribution < 1.29 is 38.6 Å². The van der Waals surface area contributed by atoms with Crippen molar-refractivity contribution in [3.05, 3.63) is 25.3 Å². The molecule has 0 aliphatic rings. The summed E-state index contributed by atoms with van der Waals surface area (Å²) in [5, 5.41) is 18.7. The Morgan fingerprint density at radius 2 is 1.29 bits per heavy atom. The molecule has 0 saturated carbocycles. The fraction of sp³-hybridized carbons (Fsp3) is 0.500. The summed E-state index contributed by atoms with van der Waals surface area (Å²) in [6, 6.07) is 0. The average Bonchev–Trinajstić information content (AvgIpc) is 2.49. The zero-order chi connectivity index (χ0) is 16.1. The summed E-state index contributed by atoms with van der Waals surface area (Å²) in [6.45, 7) is 5.77. The number of carbonyl (C=O) groups is 2. The Kier molecular flexibility index (Phi) is 11.1. The van der Waals surface area contributed by atoms with Gasteiger partial charge in [0.05, 0.1) is 13.2 Å². The third-order valence-corrected chi connectivity index (χ3v) is 1.96. The second-order valence-electron chi connectivity index (χ2n) is 3.84. The fourth-order valence-corrected chi connectivity index (χ4v) is 0.998. The first-order valence-electron chi connectivity index (χ1n) is 6.09. The summed E-state index contributed by atoms with van der Waals surface area (Å²) in [7, 11) is -0.182. The maximum atomic E-state index is 10.7. The van der Waals surface area contributed by atoms with Crippen molar-refractivity contribution in [3.8, 4) is 0 Å². The molecule has 0 aromatic heterocycles. The van der Waals surface area contributed by atoms with Crippen molar-refractivity contribution in [1.29, 1.82) is 0 Å². The molecule has 0 amide bonds. The summed E-state index contributed by atoms with van der Waals surface area (Å²) in [6.07, 6.45) is -0.0129. The van der Waals surface area contributed by atoms with Crippen LogP contribution in [-0.4, -0.2) is 68.5 Å². The normalized spacial score (nSPS) is 12.9. The monoisotopic (exact) mass is 302 g/mol. The predicted octanol–water partition coefficient (Wildman–Crippen LogP) is -1.53. The number of hydrogen-bond acceptors (Lipinski definition) is 8. The lowest BCUT2D eigenvalue weighted by Crippen LogP contribution is -2.27. The fourth-order valence-electron chi connectivity index (χ4n) is 0.998. The zero-order valence-corrected chi connectivity index (χ0v) is 11.6. The summed E-state index contributed by atoms with van der Waals surface area (Å²) in [5.41, 5.74) is 0. The number of hydrogen-bond donors (Lipinski definition) is 2. The standard InChI is InChI=1S/C12H19BO8/c1-3-11(16)18-5-9(14)7-20-13-21-8-10(15)6-19-12(17)4-2/h3-4,9-10,13-15H,1-2,5-8H2. The lowest BCUT2D eigenvalue weighted by Gasteiger charge is -2.13. The van der Waals surface area contributed by atoms with Crippen LogP contribution >= 0.6 is 0 Å². The van der Waals surface area contributed by atoms with Gasteiger partial charge >= 0.3 is 19.6 Å². The smallest absolute Gasteiger partial charge is 0.438 e. The van der Waals surface area contributed by atoms with Gasteiger partial charge < -0.3 is 29.0 Å². The van der Waals surface area contributed by atoms with Crippen LogP contribution in [-0.2, 0) is 28.4 Å². The molecule has 0 aliphatic carbocycles. The molecule has 0 saturated heterocycles. The van der Waals surface area contributed by atoms with Gasteiger partial charge in [-0.3, -0.25) is 0 Å². The van der Waals surface area contributed by atoms with Crippen molar-refractivity contribution in [1.82, 2.24) is 0 Å². The van der Waals surface area contributed by atoms with Crippen molar-refractivity contribution in [2.24, 2.45) is 0 Å². The summed E-state index contributed by atoms with van der Waals surface area (Å²) < 4.78 is 19.0. The number of aliphatic hydroxyl groups excluding tert-OH is 2. The third-order valence-electron chi connectivity index (χ3n) is 1.96. The first-order chi connectivity index (χ1) is 9.99. The number of rotatable bonds is 12. The Morgan fingerprint density at radius 3 is 1.62 bits per heavy atom. The first-order valence-corrected chi connectivity index (χ1v) is 6.09. The molecule has 2 atom stereocenters. The average molecular weight is 302 g/mol. The van der Waals surface area contributed by atoms with Crippen LogP contribution in [0, 0.1) is 0 Å². The molecule has 2 N–H and O–H groups in total. The summed E-state index contributed by atoms with van der Waals surface area (Å²) in [4.78, 5) is 21.4. The van der Waals surface area contributed by atoms with Crippen LogP contribution in [0.15, 0.2) is 25.3 Å². The van der Waals surface area contributed by atoms with Gasteiger partial charge in [-0.2, -0.15) is 0 Å². The summed E-state index contributed by atoms with van der Waals surface area (Å²) in [5.74, 6) is -1.27. The second kappa shape index (κ2) is 12.1. The van der Waals surface area contributed by atoms with Gasteiger partial charge in [-0.1, -0.05) is 13.2 Å². The molecule has 0 bridgehead atoms. The van der Waals surface area contributed by atoms with E-state index in [4.69, 9.17) is 9.31 Å². The maximum absolute atomic E-state index is 10.7. The zero-order valence-electron chi connectivity index (χ0n) is 11.6. The maximum Gasteiger partial charge on any atom is 0.438 e. The van der Waals surface area contributed by atoms with Crippen LogP contribution in [0.2, 0.25) is 0 Å². The number of carbonyl (C=O) groups excluding carboxylic acids is 2. The molecular formula is C12H19BO8. The summed E-state index contributed by atoms with van der Waals surface area (Å²) >= 11 is 0. The van der Waals surface area contributed by atoms with Gasteiger partial charge in [0.1, 0.15) is 25.4 Å². The van der Waals surface area contributed by atoms with Crippen LogP contribution < -0.4 is 0 Å². The molecule has 0 rings (SSSR count). The van der Waals surface area contributed by atoms with Crippen LogP contribution in [0.5, 0.6) is 0 Å². The second-order valence-corrected chi connectivity index (χ2v) is 3.84. The Balaban J connectivity index is 3.49. The van der Waals surface area contributed by atoms with Crippen molar-refractivity contribution in [2.75, 3.05) is 26.4 Å². The van der Waals surface area contributed by atoms with Crippen molar-refractivity contribution in [3.63, 3.8) is 0 Å². The van der Waals surface area contributed by atoms with Gasteiger partial charge in [-0.05, 0) is 0 Å². The lowest BCUT2D eigenvalue weighted by molar-refractivity contribution is -0.141. The molecule has 0 aromatic rings. The minimum atomic E-state index is -0.990. The van der Waals surface area contributed by atoms with E-state index in [1.54, 1.807) is 0 Å². The van der Waals surface area contributed by atoms with Crippen LogP contribution in [0.25, 0.3) is 0 Å². The number of ether oxygens (including phenoxy) is 2. The molecule has 0 fully saturated rings. The van der Waals surface area contributed by atoms with Gasteiger partial charge in [-0.25, -0.2) is 9.59 Å². The highest BCUT2D eigenvalue weighted by Gasteiger charge is 2.10. The minimum Gasteiger partial charge on any atom is -0.460 e. The van der Waals surface area contributed by atoms with E-state index in [1.807, 2.05) is 0 Å². The van der Waals surface area contributed by atoms with Crippen LogP contribution in [0.1, 0.15) is 0 Å². The van der Waals surface area contributed by atoms with E-state index >= 15 is 0 Å². The van der Waals surface area contributed by atoms with Gasteiger partial charge in [0.2, 0.25) is 0 Å². The predicted molar refractivity (Wildman–Crippen MR) is 73.4 cm³/mol. The molecule has 0 aliphatic heterocycles. The third kappa shape index (κ3) is 11.8. The van der Waals surface area contributed by atoms with Crippen LogP contribution in [0.3, 0.4) is 0 Å². The van der Waals surface area contributed by atoms with E-state index in [2.05, 4.69) is 22.6 Å². The van der Waals surface area contributed by atoms with E-state index in [9.17, 15) is 19.8 Å². The van der Waals surface area contributed by atoms with Gasteiger partial charge in [0.15, 0.2) is 0 Å². The topological polar surface area (TPSA) is 112 Å². The molecular weight excluding hydrogens is 283 g/mol. The lowest BCUT2D eigenvalue weighted by atomic mass is 10.3. The largest absolute Gasteiger partial charge is 0.460 e. The molecule has 2 unspecified atom stereocenters. The molecule has 0 spiro atoms. The van der Waals surface area contributed by atoms with E-state index < -0.39 is 24.1 Å². The Bertz CT molecular complexity index is 314. The van der Waals surface area contributed by atoms with E-state index in [0.29, 0.717) is 0 Å². The highest BCUT2D eigenvalue weighted by Crippen LogP contribution is 1.91. The van der Waals surface area contributed by atoms with Gasteiger partial charge in [-0.15, -0.1) is 0 Å².